The average molecular weight is 543 g/mol. The van der Waals surface area contributed by atoms with E-state index in [2.05, 4.69) is 25.4 Å². The van der Waals surface area contributed by atoms with Crippen LogP contribution in [0.5, 0.6) is 0 Å². The fourth-order valence-electron chi connectivity index (χ4n) is 3.92. The number of nitrogens with zero attached hydrogens (tertiary/aromatic N) is 5. The summed E-state index contributed by atoms with van der Waals surface area (Å²) in [6.07, 6.45) is 6.23. The van der Waals surface area contributed by atoms with Gasteiger partial charge in [-0.2, -0.15) is 4.37 Å². The van der Waals surface area contributed by atoms with Gasteiger partial charge in [0.15, 0.2) is 11.5 Å². The fraction of sp³-hybridized carbons (Fsp3) is 0.480. The number of hydrogen-bond acceptors (Lipinski definition) is 11. The van der Waals surface area contributed by atoms with E-state index in [1.165, 1.54) is 18.5 Å². The monoisotopic (exact) mass is 542 g/mol. The molecule has 3 N–H and O–H groups in total. The molecule has 13 heteroatoms. The minimum Gasteiger partial charge on any atom is -0.464 e. The van der Waals surface area contributed by atoms with Crippen molar-refractivity contribution in [2.24, 2.45) is 0 Å². The molecule has 204 valence electrons. The molecule has 0 radical (unpaired) electrons. The maximum absolute atomic E-state index is 12.4. The Morgan fingerprint density at radius 2 is 2.11 bits per heavy atom. The van der Waals surface area contributed by atoms with Gasteiger partial charge in [-0.3, -0.25) is 9.20 Å². The summed E-state index contributed by atoms with van der Waals surface area (Å²) in [6.45, 7) is 9.37. The molecule has 1 amide bonds. The first-order chi connectivity index (χ1) is 18.0. The number of carbonyl (C=O) groups excluding carboxylic acids is 2. The van der Waals surface area contributed by atoms with E-state index in [4.69, 9.17) is 14.5 Å². The van der Waals surface area contributed by atoms with Gasteiger partial charge in [-0.25, -0.2) is 20.2 Å². The van der Waals surface area contributed by atoms with Crippen molar-refractivity contribution in [3.05, 3.63) is 41.7 Å². The van der Waals surface area contributed by atoms with E-state index in [1.54, 1.807) is 20.8 Å². The summed E-state index contributed by atoms with van der Waals surface area (Å²) in [6, 6.07) is 1.50. The van der Waals surface area contributed by atoms with Crippen molar-refractivity contribution in [1.82, 2.24) is 34.5 Å². The van der Waals surface area contributed by atoms with Crippen molar-refractivity contribution in [2.45, 2.75) is 59.1 Å². The average Bonchev–Trinajstić information content (AvgIpc) is 3.54. The number of imidazole rings is 1. The highest BCUT2D eigenvalue weighted by molar-refractivity contribution is 7.10. The number of ether oxygens (including phenoxy) is 2. The Labute approximate surface area is 225 Å². The van der Waals surface area contributed by atoms with Gasteiger partial charge in [0.05, 0.1) is 29.3 Å². The van der Waals surface area contributed by atoms with Crippen LogP contribution < -0.4 is 16.1 Å². The van der Waals surface area contributed by atoms with Gasteiger partial charge in [0.25, 0.3) is 0 Å². The SMILES string of the molecule is CC(=O)OCC(CCc1cn2c(C3=CN(C)NC3)cnc2c(Nc2cc(C)ns2)n1)NC(=O)OC(C)(C)C. The zero-order valence-electron chi connectivity index (χ0n) is 22.5. The molecule has 0 spiro atoms. The number of amides is 1. The lowest BCUT2D eigenvalue weighted by Gasteiger charge is -2.23. The van der Waals surface area contributed by atoms with Gasteiger partial charge in [0.2, 0.25) is 0 Å². The predicted octanol–water partition coefficient (Wildman–Crippen LogP) is 3.42. The number of alkyl carbamates (subject to hydrolysis) is 1. The number of rotatable bonds is 9. The number of anilines is 2. The van der Waals surface area contributed by atoms with Crippen molar-refractivity contribution in [3.8, 4) is 0 Å². The minimum absolute atomic E-state index is 0.0310. The van der Waals surface area contributed by atoms with Crippen LogP contribution >= 0.6 is 11.5 Å². The zero-order chi connectivity index (χ0) is 27.4. The summed E-state index contributed by atoms with van der Waals surface area (Å²) in [5, 5.41) is 8.96. The first-order valence-corrected chi connectivity index (χ1v) is 13.1. The Balaban J connectivity index is 1.61. The molecule has 1 aliphatic heterocycles. The van der Waals surface area contributed by atoms with Gasteiger partial charge in [-0.05, 0) is 58.1 Å². The van der Waals surface area contributed by atoms with Crippen LogP contribution in [0.15, 0.2) is 24.7 Å². The lowest BCUT2D eigenvalue weighted by atomic mass is 10.1. The van der Waals surface area contributed by atoms with Gasteiger partial charge < -0.3 is 25.1 Å². The number of hydrogen-bond donors (Lipinski definition) is 3. The molecule has 0 saturated heterocycles. The largest absolute Gasteiger partial charge is 0.464 e. The molecule has 3 aromatic heterocycles. The normalized spacial score (nSPS) is 14.4. The van der Waals surface area contributed by atoms with Gasteiger partial charge in [0.1, 0.15) is 17.2 Å². The van der Waals surface area contributed by atoms with Gasteiger partial charge in [0, 0.05) is 38.5 Å². The van der Waals surface area contributed by atoms with Crippen LogP contribution in [-0.2, 0) is 20.7 Å². The highest BCUT2D eigenvalue weighted by atomic mass is 32.1. The van der Waals surface area contributed by atoms with E-state index in [1.807, 2.05) is 48.0 Å². The third-order valence-electron chi connectivity index (χ3n) is 5.57. The number of esters is 1. The Kier molecular flexibility index (Phi) is 8.17. The maximum atomic E-state index is 12.4. The van der Waals surface area contributed by atoms with Gasteiger partial charge >= 0.3 is 12.1 Å². The highest BCUT2D eigenvalue weighted by Crippen LogP contribution is 2.27. The van der Waals surface area contributed by atoms with E-state index in [0.29, 0.717) is 30.9 Å². The summed E-state index contributed by atoms with van der Waals surface area (Å²) in [5.41, 5.74) is 7.04. The second-order valence-corrected chi connectivity index (χ2v) is 11.0. The zero-order valence-corrected chi connectivity index (χ0v) is 23.3. The maximum Gasteiger partial charge on any atom is 0.407 e. The van der Waals surface area contributed by atoms with Crippen LogP contribution in [0.3, 0.4) is 0 Å². The number of aromatic nitrogens is 4. The lowest BCUT2D eigenvalue weighted by Crippen LogP contribution is -2.42. The molecule has 1 atom stereocenters. The topological polar surface area (TPSA) is 135 Å². The van der Waals surface area contributed by atoms with E-state index >= 15 is 0 Å². The van der Waals surface area contributed by atoms with Gasteiger partial charge in [-0.15, -0.1) is 0 Å². The number of carbonyl (C=O) groups is 2. The second kappa shape index (κ2) is 11.4. The minimum atomic E-state index is -0.645. The third-order valence-corrected chi connectivity index (χ3v) is 6.36. The van der Waals surface area contributed by atoms with Crippen LogP contribution in [0.2, 0.25) is 0 Å². The standard InChI is InChI=1S/C25H34N8O4S/c1-15-9-21(38-31-15)30-22-23-26-11-20(17-10-27-32(6)12-17)33(23)13-18(28-22)7-8-19(14-36-16(2)34)29-24(35)37-25(3,4)5/h9,11-13,19,27H,7-8,10,14H2,1-6H3,(H,28,30)(H,29,35). The Morgan fingerprint density at radius 1 is 1.32 bits per heavy atom. The van der Waals surface area contributed by atoms with Crippen LogP contribution in [0, 0.1) is 6.92 Å². The van der Waals surface area contributed by atoms with E-state index in [9.17, 15) is 9.59 Å². The molecule has 1 unspecified atom stereocenters. The second-order valence-electron chi connectivity index (χ2n) is 10.2. The molecule has 4 rings (SSSR count). The smallest absolute Gasteiger partial charge is 0.407 e. The fourth-order valence-corrected chi connectivity index (χ4v) is 4.58. The number of fused-ring (bicyclic) bond motifs is 1. The molecule has 38 heavy (non-hydrogen) atoms. The van der Waals surface area contributed by atoms with Crippen LogP contribution in [-0.4, -0.2) is 67.7 Å². The molecular formula is C25H34N8O4S. The van der Waals surface area contributed by atoms with E-state index in [-0.39, 0.29) is 6.61 Å². The van der Waals surface area contributed by atoms with Crippen LogP contribution in [0.1, 0.15) is 51.2 Å². The quantitative estimate of drug-likeness (QED) is 0.345. The molecular weight excluding hydrogens is 508 g/mol. The molecule has 1 aliphatic rings. The Hall–Kier alpha value is -3.71. The van der Waals surface area contributed by atoms with Crippen LogP contribution in [0.4, 0.5) is 15.6 Å². The van der Waals surface area contributed by atoms with Crippen molar-refractivity contribution < 1.29 is 19.1 Å². The number of aryl methyl sites for hydroxylation is 2. The molecule has 4 heterocycles. The molecule has 0 fully saturated rings. The van der Waals surface area contributed by atoms with Crippen molar-refractivity contribution in [2.75, 3.05) is 25.5 Å². The van der Waals surface area contributed by atoms with Crippen molar-refractivity contribution >= 4 is 45.6 Å². The number of nitrogens with one attached hydrogen (secondary N) is 3. The summed E-state index contributed by atoms with van der Waals surface area (Å²) < 4.78 is 17.0. The lowest BCUT2D eigenvalue weighted by molar-refractivity contribution is -0.141. The predicted molar refractivity (Wildman–Crippen MR) is 145 cm³/mol. The van der Waals surface area contributed by atoms with E-state index in [0.717, 1.165) is 27.7 Å². The molecule has 0 aromatic carbocycles. The molecule has 0 aliphatic carbocycles. The number of hydrazine groups is 1. The molecule has 0 saturated carbocycles. The molecule has 0 bridgehead atoms. The van der Waals surface area contributed by atoms with E-state index < -0.39 is 23.7 Å². The highest BCUT2D eigenvalue weighted by Gasteiger charge is 2.22. The summed E-state index contributed by atoms with van der Waals surface area (Å²) in [5.74, 6) is 0.187. The first kappa shape index (κ1) is 27.3. The first-order valence-electron chi connectivity index (χ1n) is 12.3. The Bertz CT molecular complexity index is 1340. The Morgan fingerprint density at radius 3 is 2.74 bits per heavy atom. The third kappa shape index (κ3) is 7.19. The van der Waals surface area contributed by atoms with Crippen molar-refractivity contribution in [1.29, 1.82) is 0 Å². The summed E-state index contributed by atoms with van der Waals surface area (Å²) in [7, 11) is 1.95. The van der Waals surface area contributed by atoms with Crippen LogP contribution in [0.25, 0.3) is 11.2 Å². The molecule has 3 aromatic rings. The summed E-state index contributed by atoms with van der Waals surface area (Å²) >= 11 is 1.35. The van der Waals surface area contributed by atoms with Crippen molar-refractivity contribution in [3.63, 3.8) is 0 Å². The molecule has 12 nitrogen and oxygen atoms in total. The van der Waals surface area contributed by atoms with Gasteiger partial charge in [-0.1, -0.05) is 0 Å². The summed E-state index contributed by atoms with van der Waals surface area (Å²) in [4.78, 5) is 33.4.